The van der Waals surface area contributed by atoms with E-state index in [-0.39, 0.29) is 6.04 Å². The Hall–Kier alpha value is -0.540. The molecule has 0 aliphatic carbocycles. The number of nitrogens with two attached hydrogens (primary N) is 1. The van der Waals surface area contributed by atoms with Crippen LogP contribution >= 0.6 is 15.9 Å². The first-order chi connectivity index (χ1) is 7.47. The molecule has 1 aromatic rings. The molecule has 0 saturated carbocycles. The highest BCUT2D eigenvalue weighted by Gasteiger charge is 2.12. The van der Waals surface area contributed by atoms with E-state index in [1.54, 1.807) is 0 Å². The van der Waals surface area contributed by atoms with Crippen molar-refractivity contribution >= 4 is 21.6 Å². The third-order valence-electron chi connectivity index (χ3n) is 3.13. The molecule has 0 amide bonds. The van der Waals surface area contributed by atoms with E-state index in [2.05, 4.69) is 59.9 Å². The van der Waals surface area contributed by atoms with Crippen LogP contribution in [0.15, 0.2) is 22.7 Å². The van der Waals surface area contributed by atoms with Gasteiger partial charge in [-0.2, -0.15) is 0 Å². The van der Waals surface area contributed by atoms with Crippen molar-refractivity contribution in [3.05, 3.63) is 28.2 Å². The Labute approximate surface area is 107 Å². The number of hydrogen-bond donors (Lipinski definition) is 1. The molecule has 90 valence electrons. The molecular weight excluding hydrogens is 264 g/mol. The lowest BCUT2D eigenvalue weighted by atomic mass is 10.1. The summed E-state index contributed by atoms with van der Waals surface area (Å²) in [6.45, 7) is 6.43. The minimum Gasteiger partial charge on any atom is -0.371 e. The fraction of sp³-hybridized carbons (Fsp3) is 0.538. The summed E-state index contributed by atoms with van der Waals surface area (Å²) in [6, 6.07) is 6.97. The monoisotopic (exact) mass is 284 g/mol. The molecule has 0 radical (unpaired) electrons. The molecule has 16 heavy (non-hydrogen) atoms. The van der Waals surface area contributed by atoms with Gasteiger partial charge in [0, 0.05) is 23.6 Å². The van der Waals surface area contributed by atoms with Gasteiger partial charge in [0.1, 0.15) is 0 Å². The van der Waals surface area contributed by atoms with E-state index < -0.39 is 0 Å². The molecule has 0 aromatic heterocycles. The quantitative estimate of drug-likeness (QED) is 0.914. The Morgan fingerprint density at radius 3 is 2.44 bits per heavy atom. The maximum atomic E-state index is 5.86. The number of rotatable bonds is 4. The Morgan fingerprint density at radius 1 is 1.38 bits per heavy atom. The van der Waals surface area contributed by atoms with Crippen molar-refractivity contribution in [3.8, 4) is 0 Å². The van der Waals surface area contributed by atoms with Crippen molar-refractivity contribution in [2.45, 2.75) is 39.3 Å². The van der Waals surface area contributed by atoms with E-state index in [9.17, 15) is 0 Å². The van der Waals surface area contributed by atoms with Crippen LogP contribution in [0.2, 0.25) is 0 Å². The van der Waals surface area contributed by atoms with Crippen LogP contribution in [-0.4, -0.2) is 13.1 Å². The Balaban J connectivity index is 2.99. The highest BCUT2D eigenvalue weighted by molar-refractivity contribution is 9.10. The molecule has 0 fully saturated rings. The zero-order valence-electron chi connectivity index (χ0n) is 10.5. The van der Waals surface area contributed by atoms with E-state index in [1.807, 2.05) is 6.92 Å². The van der Waals surface area contributed by atoms with E-state index in [4.69, 9.17) is 5.73 Å². The second-order valence-electron chi connectivity index (χ2n) is 4.37. The van der Waals surface area contributed by atoms with Gasteiger partial charge >= 0.3 is 0 Å². The average molecular weight is 285 g/mol. The molecule has 1 aromatic carbocycles. The molecule has 0 bridgehead atoms. The van der Waals surface area contributed by atoms with Crippen LogP contribution in [0.25, 0.3) is 0 Å². The summed E-state index contributed by atoms with van der Waals surface area (Å²) in [5.41, 5.74) is 8.24. The number of benzene rings is 1. The van der Waals surface area contributed by atoms with Crippen LogP contribution in [0, 0.1) is 0 Å². The van der Waals surface area contributed by atoms with Crippen LogP contribution in [0.4, 0.5) is 5.69 Å². The first-order valence-electron chi connectivity index (χ1n) is 5.75. The summed E-state index contributed by atoms with van der Waals surface area (Å²) in [4.78, 5) is 2.29. The smallest absolute Gasteiger partial charge is 0.0510 e. The summed E-state index contributed by atoms with van der Waals surface area (Å²) in [5.74, 6) is 0. The highest BCUT2D eigenvalue weighted by atomic mass is 79.9. The van der Waals surface area contributed by atoms with E-state index in [0.717, 1.165) is 16.5 Å². The zero-order chi connectivity index (χ0) is 12.3. The topological polar surface area (TPSA) is 29.3 Å². The Morgan fingerprint density at radius 2 is 2.00 bits per heavy atom. The molecule has 1 rings (SSSR count). The van der Waals surface area contributed by atoms with Crippen molar-refractivity contribution in [1.82, 2.24) is 0 Å². The second kappa shape index (κ2) is 5.69. The third-order valence-corrected chi connectivity index (χ3v) is 3.76. The first kappa shape index (κ1) is 13.5. The lowest BCUT2D eigenvalue weighted by Gasteiger charge is -2.27. The van der Waals surface area contributed by atoms with Crippen LogP contribution in [0.5, 0.6) is 0 Å². The van der Waals surface area contributed by atoms with Gasteiger partial charge in [-0.15, -0.1) is 0 Å². The van der Waals surface area contributed by atoms with Gasteiger partial charge in [-0.25, -0.2) is 0 Å². The summed E-state index contributed by atoms with van der Waals surface area (Å²) in [6.07, 6.45) is 1.14. The van der Waals surface area contributed by atoms with Crippen LogP contribution < -0.4 is 10.6 Å². The summed E-state index contributed by atoms with van der Waals surface area (Å²) in [5, 5.41) is 0. The van der Waals surface area contributed by atoms with E-state index in [1.165, 1.54) is 5.69 Å². The minimum absolute atomic E-state index is 0.0826. The summed E-state index contributed by atoms with van der Waals surface area (Å²) < 4.78 is 1.12. The molecule has 0 aliphatic rings. The number of hydrogen-bond acceptors (Lipinski definition) is 2. The number of halogens is 1. The van der Waals surface area contributed by atoms with Gasteiger partial charge in [-0.1, -0.05) is 13.0 Å². The Kier molecular flexibility index (Phi) is 4.81. The highest BCUT2D eigenvalue weighted by Crippen LogP contribution is 2.29. The SMILES string of the molecule is CCC(C)N(C)c1ccc([C@H](C)N)cc1Br. The van der Waals surface area contributed by atoms with Gasteiger partial charge in [-0.05, 0) is 53.9 Å². The first-order valence-corrected chi connectivity index (χ1v) is 6.54. The van der Waals surface area contributed by atoms with Crippen molar-refractivity contribution in [2.75, 3.05) is 11.9 Å². The molecule has 2 atom stereocenters. The van der Waals surface area contributed by atoms with Crippen molar-refractivity contribution < 1.29 is 0 Å². The zero-order valence-corrected chi connectivity index (χ0v) is 12.1. The average Bonchev–Trinajstić information content (AvgIpc) is 2.26. The largest absolute Gasteiger partial charge is 0.371 e. The summed E-state index contributed by atoms with van der Waals surface area (Å²) >= 11 is 3.62. The standard InChI is InChI=1S/C13H21BrN2/c1-5-9(2)16(4)13-7-6-11(10(3)15)8-12(13)14/h6-10H,5,15H2,1-4H3/t9?,10-/m0/s1. The maximum Gasteiger partial charge on any atom is 0.0510 e. The van der Waals surface area contributed by atoms with Crippen molar-refractivity contribution in [2.24, 2.45) is 5.73 Å². The molecule has 2 N–H and O–H groups in total. The molecule has 3 heteroatoms. The number of nitrogens with zero attached hydrogens (tertiary/aromatic N) is 1. The fourth-order valence-corrected chi connectivity index (χ4v) is 2.28. The molecule has 0 heterocycles. The third kappa shape index (κ3) is 2.98. The van der Waals surface area contributed by atoms with Crippen LogP contribution in [-0.2, 0) is 0 Å². The minimum atomic E-state index is 0.0826. The predicted octanol–water partition coefficient (Wildman–Crippen LogP) is 3.70. The summed E-state index contributed by atoms with van der Waals surface area (Å²) in [7, 11) is 2.12. The van der Waals surface area contributed by atoms with E-state index in [0.29, 0.717) is 6.04 Å². The van der Waals surface area contributed by atoms with Crippen molar-refractivity contribution in [3.63, 3.8) is 0 Å². The predicted molar refractivity (Wildman–Crippen MR) is 74.9 cm³/mol. The normalized spacial score (nSPS) is 14.6. The van der Waals surface area contributed by atoms with Crippen molar-refractivity contribution in [1.29, 1.82) is 0 Å². The van der Waals surface area contributed by atoms with Gasteiger partial charge in [0.2, 0.25) is 0 Å². The van der Waals surface area contributed by atoms with Gasteiger partial charge < -0.3 is 10.6 Å². The van der Waals surface area contributed by atoms with Gasteiger partial charge in [0.25, 0.3) is 0 Å². The maximum absolute atomic E-state index is 5.86. The Bertz CT molecular complexity index is 350. The van der Waals surface area contributed by atoms with E-state index >= 15 is 0 Å². The van der Waals surface area contributed by atoms with Gasteiger partial charge in [-0.3, -0.25) is 0 Å². The molecule has 1 unspecified atom stereocenters. The lowest BCUT2D eigenvalue weighted by Crippen LogP contribution is -2.28. The fourth-order valence-electron chi connectivity index (χ4n) is 1.60. The van der Waals surface area contributed by atoms with Gasteiger partial charge in [0.15, 0.2) is 0 Å². The molecular formula is C13H21BrN2. The number of anilines is 1. The second-order valence-corrected chi connectivity index (χ2v) is 5.22. The molecule has 0 spiro atoms. The molecule has 0 saturated heterocycles. The lowest BCUT2D eigenvalue weighted by molar-refractivity contribution is 0.662. The van der Waals surface area contributed by atoms with Gasteiger partial charge in [0.05, 0.1) is 5.69 Å². The van der Waals surface area contributed by atoms with Crippen LogP contribution in [0.3, 0.4) is 0 Å². The van der Waals surface area contributed by atoms with Crippen LogP contribution in [0.1, 0.15) is 38.8 Å². The molecule has 0 aliphatic heterocycles. The molecule has 2 nitrogen and oxygen atoms in total.